The van der Waals surface area contributed by atoms with Crippen LogP contribution in [0.5, 0.6) is 0 Å². The van der Waals surface area contributed by atoms with Crippen molar-refractivity contribution in [3.8, 4) is 0 Å². The van der Waals surface area contributed by atoms with Gasteiger partial charge < -0.3 is 4.74 Å². The molecule has 0 N–H and O–H groups in total. The van der Waals surface area contributed by atoms with Crippen molar-refractivity contribution in [1.29, 1.82) is 0 Å². The summed E-state index contributed by atoms with van der Waals surface area (Å²) < 4.78 is 20.1. The molecule has 0 atom stereocenters. The Hall–Kier alpha value is -1.15. The van der Waals surface area contributed by atoms with Crippen molar-refractivity contribution in [2.75, 3.05) is 6.61 Å². The van der Waals surface area contributed by atoms with Crippen LogP contribution < -0.4 is 0 Å². The molecule has 1 aromatic carbocycles. The first kappa shape index (κ1) is 19.6. The average molecular weight is 359 g/mol. The SMILES string of the molecule is C=CC1CCC(C2CCC(c3ccc(COCCC)cc3F)CC2)CC1. The van der Waals surface area contributed by atoms with Crippen LogP contribution in [0.25, 0.3) is 0 Å². The van der Waals surface area contributed by atoms with Crippen LogP contribution in [0.4, 0.5) is 4.39 Å². The lowest BCUT2D eigenvalue weighted by Gasteiger charge is -2.37. The van der Waals surface area contributed by atoms with Gasteiger partial charge in [0.1, 0.15) is 5.82 Å². The fourth-order valence-corrected chi connectivity index (χ4v) is 5.08. The topological polar surface area (TPSA) is 9.23 Å². The van der Waals surface area contributed by atoms with E-state index < -0.39 is 0 Å². The number of ether oxygens (including phenoxy) is 1. The molecule has 1 nitrogen and oxygen atoms in total. The minimum Gasteiger partial charge on any atom is -0.377 e. The van der Waals surface area contributed by atoms with E-state index in [2.05, 4.69) is 25.6 Å². The van der Waals surface area contributed by atoms with Crippen LogP contribution in [0, 0.1) is 23.6 Å². The second kappa shape index (κ2) is 9.69. The third kappa shape index (κ3) is 4.97. The van der Waals surface area contributed by atoms with Gasteiger partial charge in [-0.05, 0) is 98.7 Å². The molecule has 3 rings (SSSR count). The molecule has 0 amide bonds. The minimum absolute atomic E-state index is 0.0301. The summed E-state index contributed by atoms with van der Waals surface area (Å²) in [6, 6.07) is 5.75. The van der Waals surface area contributed by atoms with E-state index in [1.54, 1.807) is 6.07 Å². The number of hydrogen-bond donors (Lipinski definition) is 0. The van der Waals surface area contributed by atoms with Gasteiger partial charge >= 0.3 is 0 Å². The second-order valence-electron chi connectivity index (χ2n) is 8.43. The molecule has 0 radical (unpaired) electrons. The van der Waals surface area contributed by atoms with Crippen LogP contribution in [0.15, 0.2) is 30.9 Å². The molecule has 144 valence electrons. The highest BCUT2D eigenvalue weighted by Gasteiger charge is 2.31. The van der Waals surface area contributed by atoms with Crippen molar-refractivity contribution < 1.29 is 9.13 Å². The van der Waals surface area contributed by atoms with Gasteiger partial charge in [0.2, 0.25) is 0 Å². The van der Waals surface area contributed by atoms with Gasteiger partial charge in [0.15, 0.2) is 0 Å². The molecule has 0 saturated heterocycles. The minimum atomic E-state index is -0.0301. The number of halogens is 1. The van der Waals surface area contributed by atoms with E-state index in [9.17, 15) is 4.39 Å². The van der Waals surface area contributed by atoms with Crippen molar-refractivity contribution in [3.63, 3.8) is 0 Å². The zero-order chi connectivity index (χ0) is 18.4. The number of allylic oxidation sites excluding steroid dienone is 1. The van der Waals surface area contributed by atoms with Crippen LogP contribution in [0.1, 0.15) is 81.8 Å². The summed E-state index contributed by atoms with van der Waals surface area (Å²) >= 11 is 0. The van der Waals surface area contributed by atoms with Crippen LogP contribution >= 0.6 is 0 Å². The van der Waals surface area contributed by atoms with Crippen molar-refractivity contribution in [2.24, 2.45) is 17.8 Å². The maximum Gasteiger partial charge on any atom is 0.127 e. The highest BCUT2D eigenvalue weighted by molar-refractivity contribution is 5.27. The van der Waals surface area contributed by atoms with Gasteiger partial charge in [-0.1, -0.05) is 25.1 Å². The maximum atomic E-state index is 14.6. The second-order valence-corrected chi connectivity index (χ2v) is 8.43. The fraction of sp³-hybridized carbons (Fsp3) is 0.667. The molecule has 2 heteroatoms. The first-order chi connectivity index (χ1) is 12.7. The predicted molar refractivity (Wildman–Crippen MR) is 107 cm³/mol. The number of benzene rings is 1. The lowest BCUT2D eigenvalue weighted by atomic mass is 9.68. The summed E-state index contributed by atoms with van der Waals surface area (Å²) in [5, 5.41) is 0. The Kier molecular flexibility index (Phi) is 7.31. The summed E-state index contributed by atoms with van der Waals surface area (Å²) in [4.78, 5) is 0. The van der Waals surface area contributed by atoms with Gasteiger partial charge in [0, 0.05) is 6.61 Å². The van der Waals surface area contributed by atoms with Gasteiger partial charge in [0.25, 0.3) is 0 Å². The van der Waals surface area contributed by atoms with E-state index >= 15 is 0 Å². The Morgan fingerprint density at radius 1 is 1.04 bits per heavy atom. The predicted octanol–water partition coefficient (Wildman–Crippen LogP) is 7.02. The summed E-state index contributed by atoms with van der Waals surface area (Å²) in [5.74, 6) is 2.88. The van der Waals surface area contributed by atoms with Crippen LogP contribution in [0.2, 0.25) is 0 Å². The molecule has 0 aromatic heterocycles. The van der Waals surface area contributed by atoms with E-state index in [0.29, 0.717) is 12.5 Å². The molecule has 26 heavy (non-hydrogen) atoms. The maximum absolute atomic E-state index is 14.6. The third-order valence-corrected chi connectivity index (χ3v) is 6.71. The van der Waals surface area contributed by atoms with E-state index in [-0.39, 0.29) is 5.82 Å². The van der Waals surface area contributed by atoms with Gasteiger partial charge in [0.05, 0.1) is 6.61 Å². The Balaban J connectivity index is 1.51. The third-order valence-electron chi connectivity index (χ3n) is 6.71. The molecule has 1 aromatic rings. The lowest BCUT2D eigenvalue weighted by molar-refractivity contribution is 0.121. The Morgan fingerprint density at radius 2 is 1.69 bits per heavy atom. The summed E-state index contributed by atoms with van der Waals surface area (Å²) in [6.45, 7) is 7.30. The summed E-state index contributed by atoms with van der Waals surface area (Å²) in [7, 11) is 0. The smallest absolute Gasteiger partial charge is 0.127 e. The molecule has 2 fully saturated rings. The average Bonchev–Trinajstić information content (AvgIpc) is 2.69. The highest BCUT2D eigenvalue weighted by atomic mass is 19.1. The van der Waals surface area contributed by atoms with Crippen molar-refractivity contribution in [3.05, 3.63) is 47.8 Å². The standard InChI is InChI=1S/C24H35FO/c1-3-15-26-17-19-7-14-23(24(25)16-19)22-12-10-21(11-13-22)20-8-5-18(4-2)6-9-20/h4,7,14,16,18,20-22H,2-3,5-6,8-13,15,17H2,1H3. The fourth-order valence-electron chi connectivity index (χ4n) is 5.08. The Labute approximate surface area is 159 Å². The van der Waals surface area contributed by atoms with Gasteiger partial charge in [-0.25, -0.2) is 4.39 Å². The summed E-state index contributed by atoms with van der Waals surface area (Å²) in [6.07, 6.45) is 13.4. The van der Waals surface area contributed by atoms with Crippen LogP contribution in [-0.4, -0.2) is 6.61 Å². The van der Waals surface area contributed by atoms with Crippen LogP contribution in [-0.2, 0) is 11.3 Å². The van der Waals surface area contributed by atoms with E-state index in [0.717, 1.165) is 54.7 Å². The van der Waals surface area contributed by atoms with Gasteiger partial charge in [-0.15, -0.1) is 6.58 Å². The zero-order valence-corrected chi connectivity index (χ0v) is 16.4. The normalized spacial score (nSPS) is 29.5. The molecule has 2 aliphatic rings. The molecule has 0 heterocycles. The molecular formula is C24H35FO. The van der Waals surface area contributed by atoms with Crippen molar-refractivity contribution >= 4 is 0 Å². The molecule has 0 unspecified atom stereocenters. The molecule has 0 spiro atoms. The van der Waals surface area contributed by atoms with E-state index in [1.165, 1.54) is 38.5 Å². The molecular weight excluding hydrogens is 323 g/mol. The molecule has 0 aliphatic heterocycles. The number of rotatable bonds is 7. The first-order valence-corrected chi connectivity index (χ1v) is 10.7. The van der Waals surface area contributed by atoms with Crippen LogP contribution in [0.3, 0.4) is 0 Å². The Bertz CT molecular complexity index is 566. The lowest BCUT2D eigenvalue weighted by Crippen LogP contribution is -2.25. The molecule has 2 aliphatic carbocycles. The first-order valence-electron chi connectivity index (χ1n) is 10.7. The zero-order valence-electron chi connectivity index (χ0n) is 16.4. The number of hydrogen-bond acceptors (Lipinski definition) is 1. The molecule has 0 bridgehead atoms. The molecule has 2 saturated carbocycles. The van der Waals surface area contributed by atoms with Gasteiger partial charge in [-0.3, -0.25) is 0 Å². The quantitative estimate of drug-likeness (QED) is 0.376. The monoisotopic (exact) mass is 358 g/mol. The van der Waals surface area contributed by atoms with Crippen molar-refractivity contribution in [1.82, 2.24) is 0 Å². The van der Waals surface area contributed by atoms with Crippen molar-refractivity contribution in [2.45, 2.75) is 77.2 Å². The van der Waals surface area contributed by atoms with E-state index in [4.69, 9.17) is 4.74 Å². The summed E-state index contributed by atoms with van der Waals surface area (Å²) in [5.41, 5.74) is 1.88. The largest absolute Gasteiger partial charge is 0.377 e. The van der Waals surface area contributed by atoms with Gasteiger partial charge in [-0.2, -0.15) is 0 Å². The Morgan fingerprint density at radius 3 is 2.27 bits per heavy atom. The highest BCUT2D eigenvalue weighted by Crippen LogP contribution is 2.44. The van der Waals surface area contributed by atoms with E-state index in [1.807, 2.05) is 6.07 Å².